The molecule has 0 aliphatic heterocycles. The van der Waals surface area contributed by atoms with Gasteiger partial charge in [0.1, 0.15) is 0 Å². The van der Waals surface area contributed by atoms with Crippen molar-refractivity contribution in [2.75, 3.05) is 0 Å². The molecule has 0 spiro atoms. The van der Waals surface area contributed by atoms with Crippen molar-refractivity contribution < 1.29 is 0 Å². The first-order chi connectivity index (χ1) is 8.74. The molecular weight excluding hydrogens is 228 g/mol. The van der Waals surface area contributed by atoms with E-state index < -0.39 is 0 Å². The number of nitrogens with one attached hydrogen (secondary N) is 1. The second kappa shape index (κ2) is 5.67. The van der Waals surface area contributed by atoms with Crippen LogP contribution in [0.2, 0.25) is 0 Å². The standard InChI is InChI=1S/C14H18N2O2/c1-2-3-4-7-10-16-13(17)11-8-5-6-9-12(11)15-14(16)18/h5-6,8-9H,2-4,7,10H2,1H3,(H,15,18). The zero-order valence-corrected chi connectivity index (χ0v) is 10.6. The van der Waals surface area contributed by atoms with Crippen LogP contribution in [0.1, 0.15) is 32.6 Å². The van der Waals surface area contributed by atoms with Gasteiger partial charge in [0.25, 0.3) is 5.56 Å². The summed E-state index contributed by atoms with van der Waals surface area (Å²) in [5.41, 5.74) is 0.110. The number of hydrogen-bond acceptors (Lipinski definition) is 2. The quantitative estimate of drug-likeness (QED) is 0.823. The lowest BCUT2D eigenvalue weighted by atomic mass is 10.2. The zero-order chi connectivity index (χ0) is 13.0. The van der Waals surface area contributed by atoms with Crippen molar-refractivity contribution in [1.82, 2.24) is 9.55 Å². The molecule has 0 atom stereocenters. The monoisotopic (exact) mass is 246 g/mol. The molecular formula is C14H18N2O2. The van der Waals surface area contributed by atoms with Gasteiger partial charge in [0, 0.05) is 6.54 Å². The first-order valence-corrected chi connectivity index (χ1v) is 6.46. The maximum Gasteiger partial charge on any atom is 0.328 e. The van der Waals surface area contributed by atoms with Crippen LogP contribution in [0.5, 0.6) is 0 Å². The van der Waals surface area contributed by atoms with E-state index in [2.05, 4.69) is 11.9 Å². The van der Waals surface area contributed by atoms with Gasteiger partial charge in [0.15, 0.2) is 0 Å². The fraction of sp³-hybridized carbons (Fsp3) is 0.429. The number of benzene rings is 1. The molecule has 4 heteroatoms. The largest absolute Gasteiger partial charge is 0.328 e. The maximum atomic E-state index is 12.2. The van der Waals surface area contributed by atoms with Gasteiger partial charge in [-0.05, 0) is 18.6 Å². The summed E-state index contributed by atoms with van der Waals surface area (Å²) in [7, 11) is 0. The van der Waals surface area contributed by atoms with Crippen LogP contribution in [-0.4, -0.2) is 9.55 Å². The maximum absolute atomic E-state index is 12.2. The molecule has 1 aromatic heterocycles. The van der Waals surface area contributed by atoms with Gasteiger partial charge in [0.2, 0.25) is 0 Å². The van der Waals surface area contributed by atoms with E-state index in [4.69, 9.17) is 0 Å². The molecule has 2 rings (SSSR count). The van der Waals surface area contributed by atoms with E-state index in [9.17, 15) is 9.59 Å². The molecule has 0 amide bonds. The van der Waals surface area contributed by atoms with E-state index in [0.29, 0.717) is 17.4 Å². The molecule has 0 radical (unpaired) electrons. The molecule has 18 heavy (non-hydrogen) atoms. The SMILES string of the molecule is CCCCCCn1c(=O)[nH]c2ccccc2c1=O. The summed E-state index contributed by atoms with van der Waals surface area (Å²) < 4.78 is 1.30. The van der Waals surface area contributed by atoms with Crippen LogP contribution >= 0.6 is 0 Å². The third-order valence-corrected chi connectivity index (χ3v) is 3.12. The first kappa shape index (κ1) is 12.6. The highest BCUT2D eigenvalue weighted by Crippen LogP contribution is 2.04. The smallest absolute Gasteiger partial charge is 0.307 e. The predicted octanol–water partition coefficient (Wildman–Crippen LogP) is 2.27. The Kier molecular flexibility index (Phi) is 3.97. The number of para-hydroxylation sites is 1. The van der Waals surface area contributed by atoms with Gasteiger partial charge >= 0.3 is 5.69 Å². The average Bonchev–Trinajstić information content (AvgIpc) is 2.38. The lowest BCUT2D eigenvalue weighted by Gasteiger charge is -2.05. The lowest BCUT2D eigenvalue weighted by molar-refractivity contribution is 0.554. The van der Waals surface area contributed by atoms with Crippen LogP contribution in [-0.2, 0) is 6.54 Å². The van der Waals surface area contributed by atoms with Crippen molar-refractivity contribution in [2.45, 2.75) is 39.2 Å². The van der Waals surface area contributed by atoms with E-state index in [1.165, 1.54) is 4.57 Å². The predicted molar refractivity (Wildman–Crippen MR) is 73.0 cm³/mol. The first-order valence-electron chi connectivity index (χ1n) is 6.46. The number of unbranched alkanes of at least 4 members (excludes halogenated alkanes) is 3. The van der Waals surface area contributed by atoms with Crippen molar-refractivity contribution >= 4 is 10.9 Å². The molecule has 4 nitrogen and oxygen atoms in total. The Morgan fingerprint density at radius 2 is 1.89 bits per heavy atom. The third kappa shape index (κ3) is 2.53. The Hall–Kier alpha value is -1.84. The normalized spacial score (nSPS) is 10.9. The Morgan fingerprint density at radius 3 is 2.67 bits per heavy atom. The Bertz CT molecular complexity index is 640. The van der Waals surface area contributed by atoms with E-state index in [1.54, 1.807) is 12.1 Å². The summed E-state index contributed by atoms with van der Waals surface area (Å²) in [5.74, 6) is 0. The van der Waals surface area contributed by atoms with Crippen molar-refractivity contribution in [3.05, 3.63) is 45.1 Å². The molecule has 1 heterocycles. The highest BCUT2D eigenvalue weighted by molar-refractivity contribution is 5.76. The van der Waals surface area contributed by atoms with Crippen molar-refractivity contribution in [2.24, 2.45) is 0 Å². The van der Waals surface area contributed by atoms with E-state index >= 15 is 0 Å². The molecule has 0 saturated carbocycles. The van der Waals surface area contributed by atoms with Crippen LogP contribution in [0.3, 0.4) is 0 Å². The molecule has 0 bridgehead atoms. The van der Waals surface area contributed by atoms with Crippen molar-refractivity contribution in [1.29, 1.82) is 0 Å². The van der Waals surface area contributed by atoms with Gasteiger partial charge < -0.3 is 4.98 Å². The minimum atomic E-state index is -0.310. The molecule has 1 aromatic carbocycles. The van der Waals surface area contributed by atoms with Crippen molar-refractivity contribution in [3.8, 4) is 0 Å². The molecule has 0 unspecified atom stereocenters. The molecule has 1 N–H and O–H groups in total. The topological polar surface area (TPSA) is 54.9 Å². The van der Waals surface area contributed by atoms with Gasteiger partial charge in [-0.1, -0.05) is 38.3 Å². The van der Waals surface area contributed by atoms with Crippen LogP contribution in [0.4, 0.5) is 0 Å². The molecule has 0 fully saturated rings. The number of aromatic nitrogens is 2. The third-order valence-electron chi connectivity index (χ3n) is 3.12. The molecule has 0 saturated heterocycles. The Labute approximate surface area is 105 Å². The molecule has 0 aliphatic rings. The number of aromatic amines is 1. The number of nitrogens with zero attached hydrogens (tertiary/aromatic N) is 1. The highest BCUT2D eigenvalue weighted by atomic mass is 16.2. The van der Waals surface area contributed by atoms with Gasteiger partial charge in [-0.25, -0.2) is 4.79 Å². The van der Waals surface area contributed by atoms with Gasteiger partial charge in [-0.2, -0.15) is 0 Å². The Balaban J connectivity index is 2.33. The second-order valence-electron chi connectivity index (χ2n) is 4.49. The number of rotatable bonds is 5. The average molecular weight is 246 g/mol. The summed E-state index contributed by atoms with van der Waals surface area (Å²) >= 11 is 0. The Morgan fingerprint density at radius 1 is 1.11 bits per heavy atom. The molecule has 0 aliphatic carbocycles. The summed E-state index contributed by atoms with van der Waals surface area (Å²) in [6.45, 7) is 2.63. The fourth-order valence-electron chi connectivity index (χ4n) is 2.10. The van der Waals surface area contributed by atoms with Crippen LogP contribution in [0.25, 0.3) is 10.9 Å². The van der Waals surface area contributed by atoms with Gasteiger partial charge in [-0.15, -0.1) is 0 Å². The summed E-state index contributed by atoms with van der Waals surface area (Å²) in [4.78, 5) is 26.7. The van der Waals surface area contributed by atoms with Crippen LogP contribution in [0, 0.1) is 0 Å². The molecule has 96 valence electrons. The summed E-state index contributed by atoms with van der Waals surface area (Å²) in [5, 5.41) is 0.576. The minimum absolute atomic E-state index is 0.189. The number of H-pyrrole nitrogens is 1. The van der Waals surface area contributed by atoms with Gasteiger partial charge in [-0.3, -0.25) is 9.36 Å². The van der Waals surface area contributed by atoms with Crippen LogP contribution < -0.4 is 11.2 Å². The summed E-state index contributed by atoms with van der Waals surface area (Å²) in [6.07, 6.45) is 4.20. The summed E-state index contributed by atoms with van der Waals surface area (Å²) in [6, 6.07) is 7.11. The molecule has 2 aromatic rings. The van der Waals surface area contributed by atoms with E-state index in [-0.39, 0.29) is 11.2 Å². The van der Waals surface area contributed by atoms with Crippen molar-refractivity contribution in [3.63, 3.8) is 0 Å². The van der Waals surface area contributed by atoms with E-state index in [1.807, 2.05) is 12.1 Å². The fourth-order valence-corrected chi connectivity index (χ4v) is 2.10. The number of fused-ring (bicyclic) bond motifs is 1. The lowest BCUT2D eigenvalue weighted by Crippen LogP contribution is -2.35. The minimum Gasteiger partial charge on any atom is -0.307 e. The number of hydrogen-bond donors (Lipinski definition) is 1. The van der Waals surface area contributed by atoms with E-state index in [0.717, 1.165) is 25.7 Å². The second-order valence-corrected chi connectivity index (χ2v) is 4.49. The zero-order valence-electron chi connectivity index (χ0n) is 10.6. The van der Waals surface area contributed by atoms with Gasteiger partial charge in [0.05, 0.1) is 10.9 Å². The van der Waals surface area contributed by atoms with Crippen LogP contribution in [0.15, 0.2) is 33.9 Å². The highest BCUT2D eigenvalue weighted by Gasteiger charge is 2.06.